The summed E-state index contributed by atoms with van der Waals surface area (Å²) in [5.41, 5.74) is 3.43. The Morgan fingerprint density at radius 2 is 2.07 bits per heavy atom. The van der Waals surface area contributed by atoms with Crippen molar-refractivity contribution in [1.29, 1.82) is 0 Å². The smallest absolute Gasteiger partial charge is 0.260 e. The second-order valence-electron chi connectivity index (χ2n) is 6.29. The van der Waals surface area contributed by atoms with E-state index in [4.69, 9.17) is 9.47 Å². The van der Waals surface area contributed by atoms with Gasteiger partial charge in [-0.15, -0.1) is 0 Å². The molecule has 0 fully saturated rings. The van der Waals surface area contributed by atoms with E-state index in [-0.39, 0.29) is 5.91 Å². The Hall–Kier alpha value is -3.35. The zero-order chi connectivity index (χ0) is 19.6. The molecule has 0 spiro atoms. The van der Waals surface area contributed by atoms with Crippen molar-refractivity contribution >= 4 is 5.91 Å². The molecule has 2 aromatic heterocycles. The highest BCUT2D eigenvalue weighted by Crippen LogP contribution is 2.31. The van der Waals surface area contributed by atoms with Crippen molar-refractivity contribution in [2.45, 2.75) is 6.54 Å². The second kappa shape index (κ2) is 7.49. The van der Waals surface area contributed by atoms with Gasteiger partial charge in [0.25, 0.3) is 11.8 Å². The molecule has 0 bridgehead atoms. The van der Waals surface area contributed by atoms with Crippen molar-refractivity contribution in [1.82, 2.24) is 19.8 Å². The summed E-state index contributed by atoms with van der Waals surface area (Å²) in [6, 6.07) is 5.41. The van der Waals surface area contributed by atoms with Gasteiger partial charge in [-0.05, 0) is 24.3 Å². The van der Waals surface area contributed by atoms with E-state index in [0.717, 1.165) is 5.56 Å². The van der Waals surface area contributed by atoms with Crippen LogP contribution in [-0.2, 0) is 6.54 Å². The van der Waals surface area contributed by atoms with E-state index in [1.54, 1.807) is 24.3 Å². The quantitative estimate of drug-likeness (QED) is 0.733. The van der Waals surface area contributed by atoms with Gasteiger partial charge in [0.05, 0.1) is 37.7 Å². The number of methoxy groups -OCH3 is 2. The lowest BCUT2D eigenvalue weighted by Gasteiger charge is -2.15. The summed E-state index contributed by atoms with van der Waals surface area (Å²) < 4.78 is 10.5. The Bertz CT molecular complexity index is 921. The average molecular weight is 366 g/mol. The van der Waals surface area contributed by atoms with Gasteiger partial charge in [-0.3, -0.25) is 9.78 Å². The number of aromatic nitrogens is 2. The van der Waals surface area contributed by atoms with E-state index in [9.17, 15) is 4.79 Å². The van der Waals surface area contributed by atoms with Gasteiger partial charge in [-0.25, -0.2) is 4.98 Å². The SMILES string of the molecule is C=C(/C=C\N(C)C)N1Cc2nc(-c3cnc(OC)c(OC)c3)ccc2C1=O. The molecular formula is C20H22N4O3. The Morgan fingerprint density at radius 1 is 1.30 bits per heavy atom. The highest BCUT2D eigenvalue weighted by Gasteiger charge is 2.30. The molecule has 2 aromatic rings. The van der Waals surface area contributed by atoms with Gasteiger partial charge in [-0.2, -0.15) is 0 Å². The zero-order valence-electron chi connectivity index (χ0n) is 15.9. The van der Waals surface area contributed by atoms with Crippen LogP contribution < -0.4 is 9.47 Å². The van der Waals surface area contributed by atoms with Crippen LogP contribution in [0.2, 0.25) is 0 Å². The summed E-state index contributed by atoms with van der Waals surface area (Å²) in [4.78, 5) is 25.1. The Kier molecular flexibility index (Phi) is 5.12. The molecule has 0 N–H and O–H groups in total. The number of hydrogen-bond donors (Lipinski definition) is 0. The average Bonchev–Trinajstić information content (AvgIpc) is 3.01. The van der Waals surface area contributed by atoms with E-state index < -0.39 is 0 Å². The fourth-order valence-corrected chi connectivity index (χ4v) is 2.77. The van der Waals surface area contributed by atoms with Crippen LogP contribution in [-0.4, -0.2) is 54.0 Å². The number of ether oxygens (including phenoxy) is 2. The third-order valence-corrected chi connectivity index (χ3v) is 4.20. The van der Waals surface area contributed by atoms with E-state index >= 15 is 0 Å². The number of pyridine rings is 2. The Labute approximate surface area is 158 Å². The van der Waals surface area contributed by atoms with Gasteiger partial charge < -0.3 is 19.3 Å². The molecule has 0 saturated carbocycles. The summed E-state index contributed by atoms with van der Waals surface area (Å²) >= 11 is 0. The molecule has 3 heterocycles. The molecule has 27 heavy (non-hydrogen) atoms. The highest BCUT2D eigenvalue weighted by molar-refractivity contribution is 5.99. The number of fused-ring (bicyclic) bond motifs is 1. The molecule has 0 radical (unpaired) electrons. The maximum Gasteiger partial charge on any atom is 0.260 e. The number of amides is 1. The topological polar surface area (TPSA) is 67.8 Å². The van der Waals surface area contributed by atoms with Crippen LogP contribution >= 0.6 is 0 Å². The maximum atomic E-state index is 12.6. The zero-order valence-corrected chi connectivity index (χ0v) is 15.9. The molecule has 7 nitrogen and oxygen atoms in total. The minimum absolute atomic E-state index is 0.0945. The standard InChI is InChI=1S/C20H22N4O3/c1-13(8-9-23(2)3)24-12-17-15(20(24)25)6-7-16(22-17)14-10-18(26-4)19(27-5)21-11-14/h6-11H,1,12H2,2-5H3/b9-8-. The molecular weight excluding hydrogens is 344 g/mol. The third kappa shape index (κ3) is 3.62. The first-order chi connectivity index (χ1) is 12.9. The van der Waals surface area contributed by atoms with Gasteiger partial charge >= 0.3 is 0 Å². The molecule has 1 aliphatic rings. The molecule has 0 aromatic carbocycles. The van der Waals surface area contributed by atoms with Gasteiger partial charge in [0.15, 0.2) is 5.75 Å². The number of carbonyl (C=O) groups excluding carboxylic acids is 1. The maximum absolute atomic E-state index is 12.6. The molecule has 7 heteroatoms. The number of rotatable bonds is 6. The van der Waals surface area contributed by atoms with Gasteiger partial charge in [-0.1, -0.05) is 6.58 Å². The largest absolute Gasteiger partial charge is 0.491 e. The number of allylic oxidation sites excluding steroid dienone is 1. The normalized spacial score (nSPS) is 13.0. The molecule has 0 saturated heterocycles. The van der Waals surface area contributed by atoms with Crippen LogP contribution in [0.4, 0.5) is 0 Å². The van der Waals surface area contributed by atoms with Crippen molar-refractivity contribution in [3.63, 3.8) is 0 Å². The summed E-state index contributed by atoms with van der Waals surface area (Å²) in [6.45, 7) is 4.38. The van der Waals surface area contributed by atoms with E-state index in [1.165, 1.54) is 7.11 Å². The Balaban J connectivity index is 1.89. The summed E-state index contributed by atoms with van der Waals surface area (Å²) in [5, 5.41) is 0. The van der Waals surface area contributed by atoms with Crippen molar-refractivity contribution in [3.8, 4) is 22.9 Å². The summed E-state index contributed by atoms with van der Waals surface area (Å²) in [5.74, 6) is 0.841. The third-order valence-electron chi connectivity index (χ3n) is 4.20. The van der Waals surface area contributed by atoms with Crippen LogP contribution in [0.15, 0.2) is 48.9 Å². The van der Waals surface area contributed by atoms with Crippen LogP contribution in [0.1, 0.15) is 16.1 Å². The van der Waals surface area contributed by atoms with E-state index in [2.05, 4.69) is 16.5 Å². The van der Waals surface area contributed by atoms with Crippen molar-refractivity contribution in [2.24, 2.45) is 0 Å². The lowest BCUT2D eigenvalue weighted by atomic mass is 10.1. The molecule has 1 amide bonds. The highest BCUT2D eigenvalue weighted by atomic mass is 16.5. The molecule has 0 aliphatic carbocycles. The lowest BCUT2D eigenvalue weighted by molar-refractivity contribution is 0.0831. The first-order valence-corrected chi connectivity index (χ1v) is 8.38. The van der Waals surface area contributed by atoms with Crippen LogP contribution in [0.5, 0.6) is 11.6 Å². The second-order valence-corrected chi connectivity index (χ2v) is 6.29. The van der Waals surface area contributed by atoms with Crippen LogP contribution in [0, 0.1) is 0 Å². The Morgan fingerprint density at radius 3 is 2.74 bits per heavy atom. The number of hydrogen-bond acceptors (Lipinski definition) is 6. The lowest BCUT2D eigenvalue weighted by Crippen LogP contribution is -2.21. The van der Waals surface area contributed by atoms with Crippen molar-refractivity contribution < 1.29 is 14.3 Å². The van der Waals surface area contributed by atoms with Crippen LogP contribution in [0.25, 0.3) is 11.3 Å². The van der Waals surface area contributed by atoms with E-state index in [1.807, 2.05) is 43.4 Å². The van der Waals surface area contributed by atoms with Gasteiger partial charge in [0, 0.05) is 37.8 Å². The van der Waals surface area contributed by atoms with Gasteiger partial charge in [0.2, 0.25) is 0 Å². The molecule has 140 valence electrons. The first-order valence-electron chi connectivity index (χ1n) is 8.38. The predicted molar refractivity (Wildman–Crippen MR) is 102 cm³/mol. The molecule has 0 atom stereocenters. The minimum atomic E-state index is -0.0945. The number of carbonyl (C=O) groups is 1. The van der Waals surface area contributed by atoms with E-state index in [0.29, 0.717) is 40.8 Å². The molecule has 0 unspecified atom stereocenters. The first kappa shape index (κ1) is 18.4. The van der Waals surface area contributed by atoms with Crippen LogP contribution in [0.3, 0.4) is 0 Å². The minimum Gasteiger partial charge on any atom is -0.491 e. The fraction of sp³-hybridized carbons (Fsp3) is 0.250. The monoisotopic (exact) mass is 366 g/mol. The number of nitrogens with zero attached hydrogens (tertiary/aromatic N) is 4. The molecule has 3 rings (SSSR count). The molecule has 1 aliphatic heterocycles. The van der Waals surface area contributed by atoms with Crippen molar-refractivity contribution in [2.75, 3.05) is 28.3 Å². The fourth-order valence-electron chi connectivity index (χ4n) is 2.77. The van der Waals surface area contributed by atoms with Gasteiger partial charge in [0.1, 0.15) is 0 Å². The predicted octanol–water partition coefficient (Wildman–Crippen LogP) is 2.71. The summed E-state index contributed by atoms with van der Waals surface area (Å²) in [6.07, 6.45) is 5.33. The summed E-state index contributed by atoms with van der Waals surface area (Å²) in [7, 11) is 6.92. The van der Waals surface area contributed by atoms with Crippen molar-refractivity contribution in [3.05, 3.63) is 60.2 Å².